The molecule has 0 aliphatic heterocycles. The quantitative estimate of drug-likeness (QED) is 0.822. The number of rotatable bonds is 6. The van der Waals surface area contributed by atoms with Crippen molar-refractivity contribution >= 4 is 21.7 Å². The molecule has 0 aliphatic rings. The van der Waals surface area contributed by atoms with Gasteiger partial charge in [0.1, 0.15) is 5.82 Å². The molecular formula is C11H14FNO5S. The van der Waals surface area contributed by atoms with Crippen LogP contribution >= 0.6 is 0 Å². The van der Waals surface area contributed by atoms with Gasteiger partial charge in [-0.3, -0.25) is 4.72 Å². The number of ether oxygens (including phenoxy) is 1. The van der Waals surface area contributed by atoms with Crippen LogP contribution < -0.4 is 4.72 Å². The number of benzene rings is 1. The fourth-order valence-electron chi connectivity index (χ4n) is 1.37. The Labute approximate surface area is 110 Å². The SMILES string of the molecule is COCCS(=O)(=O)Nc1cc(F)c(C(=O)O)cc1C. The second-order valence-electron chi connectivity index (χ2n) is 3.87. The topological polar surface area (TPSA) is 92.7 Å². The van der Waals surface area contributed by atoms with Crippen LogP contribution in [0, 0.1) is 12.7 Å². The molecule has 0 saturated heterocycles. The van der Waals surface area contributed by atoms with Gasteiger partial charge in [-0.25, -0.2) is 17.6 Å². The summed E-state index contributed by atoms with van der Waals surface area (Å²) in [6.07, 6.45) is 0. The minimum atomic E-state index is -3.66. The number of carboxylic acids is 1. The fourth-order valence-corrected chi connectivity index (χ4v) is 2.41. The van der Waals surface area contributed by atoms with Gasteiger partial charge in [-0.1, -0.05) is 0 Å². The molecule has 0 saturated carbocycles. The number of methoxy groups -OCH3 is 1. The van der Waals surface area contributed by atoms with Crippen molar-refractivity contribution in [3.05, 3.63) is 29.1 Å². The molecule has 1 aromatic carbocycles. The van der Waals surface area contributed by atoms with Crippen LogP contribution in [0.25, 0.3) is 0 Å². The van der Waals surface area contributed by atoms with Crippen molar-refractivity contribution in [3.63, 3.8) is 0 Å². The molecule has 0 aromatic heterocycles. The minimum absolute atomic E-state index is 0.00404. The summed E-state index contributed by atoms with van der Waals surface area (Å²) in [4.78, 5) is 10.7. The van der Waals surface area contributed by atoms with Gasteiger partial charge in [0.05, 0.1) is 23.6 Å². The van der Waals surface area contributed by atoms with E-state index in [4.69, 9.17) is 5.11 Å². The summed E-state index contributed by atoms with van der Waals surface area (Å²) in [7, 11) is -2.30. The second-order valence-corrected chi connectivity index (χ2v) is 5.71. The van der Waals surface area contributed by atoms with Crippen LogP contribution in [0.1, 0.15) is 15.9 Å². The Morgan fingerprint density at radius 3 is 2.63 bits per heavy atom. The highest BCUT2D eigenvalue weighted by Crippen LogP contribution is 2.21. The highest BCUT2D eigenvalue weighted by Gasteiger charge is 2.16. The minimum Gasteiger partial charge on any atom is -0.478 e. The first kappa shape index (κ1) is 15.4. The lowest BCUT2D eigenvalue weighted by atomic mass is 10.1. The van der Waals surface area contributed by atoms with Gasteiger partial charge in [0.15, 0.2) is 0 Å². The zero-order chi connectivity index (χ0) is 14.6. The number of nitrogens with one attached hydrogen (secondary N) is 1. The summed E-state index contributed by atoms with van der Waals surface area (Å²) >= 11 is 0. The lowest BCUT2D eigenvalue weighted by Gasteiger charge is -2.11. The zero-order valence-corrected chi connectivity index (χ0v) is 11.3. The molecule has 1 aromatic rings. The number of aromatic carboxylic acids is 1. The number of hydrogen-bond donors (Lipinski definition) is 2. The summed E-state index contributed by atoms with van der Waals surface area (Å²) in [5.74, 6) is -2.68. The Kier molecular flexibility index (Phi) is 4.84. The maximum atomic E-state index is 13.5. The van der Waals surface area contributed by atoms with Crippen LogP contribution in [0.2, 0.25) is 0 Å². The van der Waals surface area contributed by atoms with E-state index in [2.05, 4.69) is 9.46 Å². The van der Waals surface area contributed by atoms with Crippen LogP contribution in [-0.4, -0.2) is 39.0 Å². The van der Waals surface area contributed by atoms with Crippen molar-refractivity contribution in [1.82, 2.24) is 0 Å². The standard InChI is InChI=1S/C11H14FNO5S/c1-7-5-8(11(14)15)9(12)6-10(7)13-19(16,17)4-3-18-2/h5-6,13H,3-4H2,1-2H3,(H,14,15). The molecule has 0 heterocycles. The second kappa shape index (κ2) is 5.98. The van der Waals surface area contributed by atoms with Gasteiger partial charge in [-0.15, -0.1) is 0 Å². The van der Waals surface area contributed by atoms with Crippen molar-refractivity contribution in [2.24, 2.45) is 0 Å². The predicted octanol–water partition coefficient (Wildman–Crippen LogP) is 1.22. The van der Waals surface area contributed by atoms with Gasteiger partial charge < -0.3 is 9.84 Å². The number of anilines is 1. The Hall–Kier alpha value is -1.67. The molecule has 0 atom stereocenters. The number of carboxylic acid groups (broad SMARTS) is 1. The lowest BCUT2D eigenvalue weighted by molar-refractivity contribution is 0.0692. The zero-order valence-electron chi connectivity index (χ0n) is 10.4. The maximum Gasteiger partial charge on any atom is 0.338 e. The van der Waals surface area contributed by atoms with Crippen LogP contribution in [-0.2, 0) is 14.8 Å². The monoisotopic (exact) mass is 291 g/mol. The third kappa shape index (κ3) is 4.18. The molecule has 2 N–H and O–H groups in total. The van der Waals surface area contributed by atoms with Crippen LogP contribution in [0.5, 0.6) is 0 Å². The molecule has 8 heteroatoms. The molecule has 0 radical (unpaired) electrons. The van der Waals surface area contributed by atoms with Gasteiger partial charge in [0.2, 0.25) is 10.0 Å². The van der Waals surface area contributed by atoms with Crippen molar-refractivity contribution in [2.75, 3.05) is 24.2 Å². The predicted molar refractivity (Wildman–Crippen MR) is 67.4 cm³/mol. The number of halogens is 1. The highest BCUT2D eigenvalue weighted by atomic mass is 32.2. The maximum absolute atomic E-state index is 13.5. The smallest absolute Gasteiger partial charge is 0.338 e. The first-order valence-electron chi connectivity index (χ1n) is 5.29. The van der Waals surface area contributed by atoms with Gasteiger partial charge in [0, 0.05) is 7.11 Å². The molecule has 106 valence electrons. The van der Waals surface area contributed by atoms with E-state index in [0.29, 0.717) is 5.56 Å². The third-order valence-electron chi connectivity index (χ3n) is 2.37. The Bertz CT molecular complexity index is 585. The third-order valence-corrected chi connectivity index (χ3v) is 3.60. The van der Waals surface area contributed by atoms with E-state index in [9.17, 15) is 17.6 Å². The molecule has 1 rings (SSSR count). The summed E-state index contributed by atoms with van der Waals surface area (Å²) in [6, 6.07) is 1.93. The van der Waals surface area contributed by atoms with Crippen LogP contribution in [0.3, 0.4) is 0 Å². The molecule has 6 nitrogen and oxygen atoms in total. The van der Waals surface area contributed by atoms with Crippen molar-refractivity contribution in [3.8, 4) is 0 Å². The van der Waals surface area contributed by atoms with Crippen molar-refractivity contribution in [1.29, 1.82) is 0 Å². The number of sulfonamides is 1. The molecule has 0 aliphatic carbocycles. The largest absolute Gasteiger partial charge is 0.478 e. The van der Waals surface area contributed by atoms with Gasteiger partial charge in [-0.2, -0.15) is 0 Å². The molecule has 0 amide bonds. The Morgan fingerprint density at radius 2 is 2.11 bits per heavy atom. The van der Waals surface area contributed by atoms with Crippen molar-refractivity contribution in [2.45, 2.75) is 6.92 Å². The first-order valence-corrected chi connectivity index (χ1v) is 6.95. The van der Waals surface area contributed by atoms with Gasteiger partial charge >= 0.3 is 5.97 Å². The van der Waals surface area contributed by atoms with Crippen LogP contribution in [0.15, 0.2) is 12.1 Å². The molecule has 0 bridgehead atoms. The summed E-state index contributed by atoms with van der Waals surface area (Å²) in [5.41, 5.74) is -0.171. The van der Waals surface area contributed by atoms with Crippen molar-refractivity contribution < 1.29 is 27.4 Å². The van der Waals surface area contributed by atoms with Gasteiger partial charge in [-0.05, 0) is 24.6 Å². The Balaban J connectivity index is 3.03. The van der Waals surface area contributed by atoms with E-state index in [1.807, 2.05) is 0 Å². The molecule has 0 fully saturated rings. The molecule has 0 unspecified atom stereocenters. The molecule has 19 heavy (non-hydrogen) atoms. The number of carbonyl (C=O) groups is 1. The fraction of sp³-hybridized carbons (Fsp3) is 0.364. The van der Waals surface area contributed by atoms with E-state index in [0.717, 1.165) is 12.1 Å². The normalized spacial score (nSPS) is 11.3. The summed E-state index contributed by atoms with van der Waals surface area (Å²) in [6.45, 7) is 1.49. The summed E-state index contributed by atoms with van der Waals surface area (Å²) < 4.78 is 43.5. The summed E-state index contributed by atoms with van der Waals surface area (Å²) in [5, 5.41) is 8.73. The van der Waals surface area contributed by atoms with E-state index in [1.54, 1.807) is 0 Å². The van der Waals surface area contributed by atoms with Crippen LogP contribution in [0.4, 0.5) is 10.1 Å². The highest BCUT2D eigenvalue weighted by molar-refractivity contribution is 7.92. The molecular weight excluding hydrogens is 277 g/mol. The van der Waals surface area contributed by atoms with Gasteiger partial charge in [0.25, 0.3) is 0 Å². The average Bonchev–Trinajstić information content (AvgIpc) is 2.30. The number of aryl methyl sites for hydroxylation is 1. The van der Waals surface area contributed by atoms with E-state index in [-0.39, 0.29) is 18.0 Å². The Morgan fingerprint density at radius 1 is 1.47 bits per heavy atom. The van der Waals surface area contributed by atoms with E-state index >= 15 is 0 Å². The van der Waals surface area contributed by atoms with E-state index < -0.39 is 27.4 Å². The molecule has 0 spiro atoms. The lowest BCUT2D eigenvalue weighted by Crippen LogP contribution is -2.20. The first-order chi connectivity index (χ1) is 8.76. The number of hydrogen-bond acceptors (Lipinski definition) is 4. The van der Waals surface area contributed by atoms with E-state index in [1.165, 1.54) is 14.0 Å². The average molecular weight is 291 g/mol.